The van der Waals surface area contributed by atoms with Crippen molar-refractivity contribution in [3.8, 4) is 0 Å². The van der Waals surface area contributed by atoms with Crippen LogP contribution in [-0.2, 0) is 0 Å². The van der Waals surface area contributed by atoms with Crippen LogP contribution in [0.15, 0.2) is 29.4 Å². The number of hydrazone groups is 1. The minimum atomic E-state index is -4.63. The van der Waals surface area contributed by atoms with E-state index < -0.39 is 17.7 Å². The second kappa shape index (κ2) is 3.65. The Labute approximate surface area is 77.0 Å². The number of rotatable bonds is 1. The minimum absolute atomic E-state index is 0.263. The number of halogens is 4. The lowest BCUT2D eigenvalue weighted by molar-refractivity contribution is -0.0582. The average molecular weight is 206 g/mol. The van der Waals surface area contributed by atoms with Crippen LogP contribution in [0.1, 0.15) is 5.56 Å². The number of nitrogens with two attached hydrogens (primary N) is 1. The molecule has 14 heavy (non-hydrogen) atoms. The van der Waals surface area contributed by atoms with Crippen molar-refractivity contribution >= 4 is 5.71 Å². The summed E-state index contributed by atoms with van der Waals surface area (Å²) in [5, 5.41) is 2.63. The van der Waals surface area contributed by atoms with E-state index in [4.69, 9.17) is 0 Å². The Morgan fingerprint density at radius 1 is 1.14 bits per heavy atom. The van der Waals surface area contributed by atoms with E-state index >= 15 is 0 Å². The van der Waals surface area contributed by atoms with Gasteiger partial charge in [0, 0.05) is 5.56 Å². The molecule has 0 heterocycles. The van der Waals surface area contributed by atoms with Crippen LogP contribution in [0.5, 0.6) is 0 Å². The standard InChI is InChI=1S/C8H6F4N2/c9-6-3-1-5(2-4-6)7(14-13)8(10,11)12/h1-4H,13H2/b14-7-. The molecule has 76 valence electrons. The molecule has 0 radical (unpaired) electrons. The van der Waals surface area contributed by atoms with Gasteiger partial charge in [0.1, 0.15) is 5.82 Å². The third-order valence-corrected chi connectivity index (χ3v) is 1.52. The molecule has 0 saturated carbocycles. The normalized spacial score (nSPS) is 13.0. The molecule has 1 rings (SSSR count). The summed E-state index contributed by atoms with van der Waals surface area (Å²) in [7, 11) is 0. The largest absolute Gasteiger partial charge is 0.435 e. The van der Waals surface area contributed by atoms with E-state index in [0.717, 1.165) is 24.3 Å². The van der Waals surface area contributed by atoms with Gasteiger partial charge in [-0.3, -0.25) is 0 Å². The van der Waals surface area contributed by atoms with E-state index in [9.17, 15) is 17.6 Å². The zero-order valence-corrected chi connectivity index (χ0v) is 6.85. The maximum absolute atomic E-state index is 12.4. The summed E-state index contributed by atoms with van der Waals surface area (Å²) < 4.78 is 49.0. The first kappa shape index (κ1) is 10.5. The lowest BCUT2D eigenvalue weighted by atomic mass is 10.1. The fourth-order valence-corrected chi connectivity index (χ4v) is 0.919. The summed E-state index contributed by atoms with van der Waals surface area (Å²) in [6, 6.07) is 3.75. The second-order valence-electron chi connectivity index (χ2n) is 2.48. The number of nitrogens with zero attached hydrogens (tertiary/aromatic N) is 1. The zero-order valence-electron chi connectivity index (χ0n) is 6.85. The third-order valence-electron chi connectivity index (χ3n) is 1.52. The van der Waals surface area contributed by atoms with Gasteiger partial charge in [-0.1, -0.05) is 0 Å². The van der Waals surface area contributed by atoms with Gasteiger partial charge in [-0.2, -0.15) is 18.3 Å². The molecule has 0 fully saturated rings. The van der Waals surface area contributed by atoms with Crippen LogP contribution in [0, 0.1) is 5.82 Å². The summed E-state index contributed by atoms with van der Waals surface area (Å²) >= 11 is 0. The van der Waals surface area contributed by atoms with E-state index in [-0.39, 0.29) is 5.56 Å². The predicted octanol–water partition coefficient (Wildman–Crippen LogP) is 2.05. The first-order valence-corrected chi connectivity index (χ1v) is 3.56. The van der Waals surface area contributed by atoms with Crippen molar-refractivity contribution in [1.82, 2.24) is 0 Å². The summed E-state index contributed by atoms with van der Waals surface area (Å²) in [5.74, 6) is 3.98. The molecule has 0 aliphatic heterocycles. The Morgan fingerprint density at radius 2 is 1.64 bits per heavy atom. The second-order valence-corrected chi connectivity index (χ2v) is 2.48. The molecule has 6 heteroatoms. The molecule has 0 spiro atoms. The van der Waals surface area contributed by atoms with Gasteiger partial charge in [-0.25, -0.2) is 4.39 Å². The molecule has 0 atom stereocenters. The Morgan fingerprint density at radius 3 is 2.00 bits per heavy atom. The molecule has 0 amide bonds. The molecule has 0 bridgehead atoms. The first-order chi connectivity index (χ1) is 6.45. The molecule has 1 aromatic carbocycles. The topological polar surface area (TPSA) is 38.4 Å². The van der Waals surface area contributed by atoms with E-state index in [2.05, 4.69) is 10.9 Å². The van der Waals surface area contributed by atoms with Crippen LogP contribution in [0.4, 0.5) is 17.6 Å². The summed E-state index contributed by atoms with van der Waals surface area (Å²) in [6.45, 7) is 0. The Balaban J connectivity index is 3.10. The molecule has 2 N–H and O–H groups in total. The molecular weight excluding hydrogens is 200 g/mol. The van der Waals surface area contributed by atoms with Gasteiger partial charge in [0.2, 0.25) is 0 Å². The van der Waals surface area contributed by atoms with E-state index in [1.165, 1.54) is 0 Å². The van der Waals surface area contributed by atoms with Crippen LogP contribution in [0.25, 0.3) is 0 Å². The predicted molar refractivity (Wildman–Crippen MR) is 43.2 cm³/mol. The molecule has 0 aliphatic carbocycles. The van der Waals surface area contributed by atoms with Crippen LogP contribution in [0.2, 0.25) is 0 Å². The first-order valence-electron chi connectivity index (χ1n) is 3.56. The van der Waals surface area contributed by atoms with Crippen molar-refractivity contribution in [1.29, 1.82) is 0 Å². The number of hydrogen-bond donors (Lipinski definition) is 1. The van der Waals surface area contributed by atoms with Crippen LogP contribution in [-0.4, -0.2) is 11.9 Å². The van der Waals surface area contributed by atoms with Crippen molar-refractivity contribution in [2.75, 3.05) is 0 Å². The Bertz CT molecular complexity index is 339. The Hall–Kier alpha value is -1.59. The van der Waals surface area contributed by atoms with Gasteiger partial charge < -0.3 is 5.84 Å². The Kier molecular flexibility index (Phi) is 2.73. The number of benzene rings is 1. The highest BCUT2D eigenvalue weighted by atomic mass is 19.4. The van der Waals surface area contributed by atoms with Gasteiger partial charge >= 0.3 is 6.18 Å². The highest BCUT2D eigenvalue weighted by Crippen LogP contribution is 2.22. The monoisotopic (exact) mass is 206 g/mol. The van der Waals surface area contributed by atoms with Crippen molar-refractivity contribution in [3.63, 3.8) is 0 Å². The van der Waals surface area contributed by atoms with Gasteiger partial charge in [-0.05, 0) is 24.3 Å². The van der Waals surface area contributed by atoms with Gasteiger partial charge in [0.05, 0.1) is 0 Å². The molecule has 2 nitrogen and oxygen atoms in total. The molecule has 0 saturated heterocycles. The fourth-order valence-electron chi connectivity index (χ4n) is 0.919. The molecular formula is C8H6F4N2. The molecule has 0 aliphatic rings. The molecule has 0 unspecified atom stereocenters. The smallest absolute Gasteiger partial charge is 0.323 e. The lowest BCUT2D eigenvalue weighted by Gasteiger charge is -2.08. The number of alkyl halides is 3. The van der Waals surface area contributed by atoms with Crippen molar-refractivity contribution in [2.24, 2.45) is 10.9 Å². The van der Waals surface area contributed by atoms with Crippen LogP contribution in [0.3, 0.4) is 0 Å². The van der Waals surface area contributed by atoms with E-state index in [1.807, 2.05) is 0 Å². The van der Waals surface area contributed by atoms with E-state index in [0.29, 0.717) is 0 Å². The molecule has 1 aromatic rings. The quantitative estimate of drug-likeness (QED) is 0.325. The van der Waals surface area contributed by atoms with Crippen molar-refractivity contribution in [2.45, 2.75) is 6.18 Å². The van der Waals surface area contributed by atoms with Crippen molar-refractivity contribution in [3.05, 3.63) is 35.6 Å². The summed E-state index contributed by atoms with van der Waals surface area (Å²) in [6.07, 6.45) is -4.63. The third kappa shape index (κ3) is 2.21. The van der Waals surface area contributed by atoms with Crippen LogP contribution < -0.4 is 5.84 Å². The maximum Gasteiger partial charge on any atom is 0.435 e. The lowest BCUT2D eigenvalue weighted by Crippen LogP contribution is -2.25. The number of hydrogen-bond acceptors (Lipinski definition) is 2. The van der Waals surface area contributed by atoms with Crippen molar-refractivity contribution < 1.29 is 17.6 Å². The summed E-state index contributed by atoms with van der Waals surface area (Å²) in [4.78, 5) is 0. The highest BCUT2D eigenvalue weighted by molar-refractivity contribution is 6.04. The summed E-state index contributed by atoms with van der Waals surface area (Å²) in [5.41, 5.74) is -1.49. The maximum atomic E-state index is 12.4. The van der Waals surface area contributed by atoms with Gasteiger partial charge in [0.25, 0.3) is 0 Å². The van der Waals surface area contributed by atoms with Gasteiger partial charge in [-0.15, -0.1) is 0 Å². The minimum Gasteiger partial charge on any atom is -0.323 e. The SMILES string of the molecule is N/N=C(/c1ccc(F)cc1)C(F)(F)F. The molecule has 0 aromatic heterocycles. The fraction of sp³-hybridized carbons (Fsp3) is 0.125. The van der Waals surface area contributed by atoms with Gasteiger partial charge in [0.15, 0.2) is 5.71 Å². The van der Waals surface area contributed by atoms with Crippen LogP contribution >= 0.6 is 0 Å². The average Bonchev–Trinajstić information content (AvgIpc) is 2.07. The zero-order chi connectivity index (χ0) is 10.8. The highest BCUT2D eigenvalue weighted by Gasteiger charge is 2.36. The van der Waals surface area contributed by atoms with E-state index in [1.54, 1.807) is 0 Å².